The molecule has 1 unspecified atom stereocenters. The van der Waals surface area contributed by atoms with Crippen molar-refractivity contribution in [2.75, 3.05) is 31.6 Å². The van der Waals surface area contributed by atoms with Crippen molar-refractivity contribution >= 4 is 11.6 Å². The fourth-order valence-electron chi connectivity index (χ4n) is 2.72. The Labute approximate surface area is 127 Å². The number of hydrogen-bond acceptors (Lipinski definition) is 3. The number of amides is 1. The summed E-state index contributed by atoms with van der Waals surface area (Å²) in [6.07, 6.45) is 3.23. The van der Waals surface area contributed by atoms with Crippen molar-refractivity contribution in [1.29, 1.82) is 0 Å². The first kappa shape index (κ1) is 15.8. The van der Waals surface area contributed by atoms with Gasteiger partial charge < -0.3 is 15.0 Å². The number of hydrogen-bond donors (Lipinski definition) is 1. The second-order valence-electron chi connectivity index (χ2n) is 5.44. The second kappa shape index (κ2) is 8.03. The summed E-state index contributed by atoms with van der Waals surface area (Å²) in [7, 11) is 0. The third kappa shape index (κ3) is 4.46. The van der Waals surface area contributed by atoms with Gasteiger partial charge in [0.15, 0.2) is 0 Å². The predicted octanol–water partition coefficient (Wildman–Crippen LogP) is 3.15. The van der Waals surface area contributed by atoms with E-state index in [1.807, 2.05) is 43.0 Å². The molecular weight excluding hydrogens is 264 g/mol. The lowest BCUT2D eigenvalue weighted by atomic mass is 10.1. The van der Waals surface area contributed by atoms with Crippen molar-refractivity contribution in [2.45, 2.75) is 39.2 Å². The zero-order valence-corrected chi connectivity index (χ0v) is 13.1. The van der Waals surface area contributed by atoms with Crippen molar-refractivity contribution in [1.82, 2.24) is 4.90 Å². The molecule has 0 spiro atoms. The van der Waals surface area contributed by atoms with Crippen LogP contribution in [-0.4, -0.2) is 43.2 Å². The average molecular weight is 290 g/mol. The van der Waals surface area contributed by atoms with E-state index in [4.69, 9.17) is 4.74 Å². The van der Waals surface area contributed by atoms with E-state index in [0.717, 1.165) is 56.8 Å². The molecule has 4 nitrogen and oxygen atoms in total. The number of carbonyl (C=O) groups excluding carboxylic acids is 1. The molecule has 1 aromatic carbocycles. The third-order valence-electron chi connectivity index (χ3n) is 3.98. The Bertz CT molecular complexity index is 450. The highest BCUT2D eigenvalue weighted by Gasteiger charge is 2.15. The van der Waals surface area contributed by atoms with Gasteiger partial charge in [0, 0.05) is 43.6 Å². The smallest absolute Gasteiger partial charge is 0.253 e. The number of rotatable bonds is 5. The van der Waals surface area contributed by atoms with Gasteiger partial charge in [0.2, 0.25) is 0 Å². The largest absolute Gasteiger partial charge is 0.382 e. The van der Waals surface area contributed by atoms with Crippen molar-refractivity contribution in [3.05, 3.63) is 29.8 Å². The molecule has 0 bridgehead atoms. The maximum atomic E-state index is 12.4. The van der Waals surface area contributed by atoms with Gasteiger partial charge >= 0.3 is 0 Å². The van der Waals surface area contributed by atoms with Crippen LogP contribution in [-0.2, 0) is 4.74 Å². The minimum Gasteiger partial charge on any atom is -0.382 e. The van der Waals surface area contributed by atoms with Crippen LogP contribution in [0.1, 0.15) is 43.5 Å². The Balaban J connectivity index is 2.04. The Hall–Kier alpha value is -1.55. The van der Waals surface area contributed by atoms with Crippen molar-refractivity contribution < 1.29 is 9.53 Å². The molecule has 1 aliphatic heterocycles. The molecule has 1 amide bonds. The number of benzene rings is 1. The summed E-state index contributed by atoms with van der Waals surface area (Å²) >= 11 is 0. The molecule has 2 rings (SSSR count). The van der Waals surface area contributed by atoms with E-state index in [9.17, 15) is 4.79 Å². The van der Waals surface area contributed by atoms with E-state index in [1.54, 1.807) is 0 Å². The van der Waals surface area contributed by atoms with Crippen LogP contribution in [0, 0.1) is 0 Å². The summed E-state index contributed by atoms with van der Waals surface area (Å²) in [5, 5.41) is 3.54. The summed E-state index contributed by atoms with van der Waals surface area (Å²) < 4.78 is 5.48. The number of nitrogens with one attached hydrogen (secondary N) is 1. The molecule has 116 valence electrons. The minimum atomic E-state index is 0.104. The molecule has 0 radical (unpaired) electrons. The van der Waals surface area contributed by atoms with Crippen LogP contribution in [0.2, 0.25) is 0 Å². The van der Waals surface area contributed by atoms with Gasteiger partial charge in [0.1, 0.15) is 0 Å². The zero-order chi connectivity index (χ0) is 15.1. The summed E-state index contributed by atoms with van der Waals surface area (Å²) in [4.78, 5) is 14.2. The van der Waals surface area contributed by atoms with Gasteiger partial charge in [0.05, 0.1) is 0 Å². The van der Waals surface area contributed by atoms with E-state index in [1.165, 1.54) is 0 Å². The van der Waals surface area contributed by atoms with Crippen molar-refractivity contribution in [3.63, 3.8) is 0 Å². The first-order valence-electron chi connectivity index (χ1n) is 7.98. The Kier molecular flexibility index (Phi) is 6.05. The lowest BCUT2D eigenvalue weighted by Crippen LogP contribution is -2.30. The first-order valence-corrected chi connectivity index (χ1v) is 7.98. The minimum absolute atomic E-state index is 0.104. The SMILES string of the molecule is CCN(CC)C(=O)c1cccc(NC2CCCOCC2)c1. The second-order valence-corrected chi connectivity index (χ2v) is 5.44. The fraction of sp³-hybridized carbons (Fsp3) is 0.588. The van der Waals surface area contributed by atoms with Crippen molar-refractivity contribution in [2.24, 2.45) is 0 Å². The fourth-order valence-corrected chi connectivity index (χ4v) is 2.72. The van der Waals surface area contributed by atoms with Gasteiger partial charge in [-0.3, -0.25) is 4.79 Å². The molecule has 0 aliphatic carbocycles. The quantitative estimate of drug-likeness (QED) is 0.905. The monoisotopic (exact) mass is 290 g/mol. The zero-order valence-electron chi connectivity index (χ0n) is 13.1. The Morgan fingerprint density at radius 1 is 1.29 bits per heavy atom. The summed E-state index contributed by atoms with van der Waals surface area (Å²) in [6, 6.07) is 8.28. The molecule has 1 atom stereocenters. The molecular formula is C17H26N2O2. The van der Waals surface area contributed by atoms with Crippen LogP contribution in [0.4, 0.5) is 5.69 Å². The highest BCUT2D eigenvalue weighted by molar-refractivity contribution is 5.95. The van der Waals surface area contributed by atoms with Crippen LogP contribution in [0.25, 0.3) is 0 Å². The summed E-state index contributed by atoms with van der Waals surface area (Å²) in [5.74, 6) is 0.104. The lowest BCUT2D eigenvalue weighted by molar-refractivity contribution is 0.0773. The van der Waals surface area contributed by atoms with Gasteiger partial charge in [-0.2, -0.15) is 0 Å². The molecule has 1 N–H and O–H groups in total. The molecule has 21 heavy (non-hydrogen) atoms. The normalized spacial score (nSPS) is 18.9. The predicted molar refractivity (Wildman–Crippen MR) is 85.8 cm³/mol. The van der Waals surface area contributed by atoms with Gasteiger partial charge in [-0.25, -0.2) is 0 Å². The van der Waals surface area contributed by atoms with Crippen LogP contribution < -0.4 is 5.32 Å². The van der Waals surface area contributed by atoms with Gasteiger partial charge in [-0.1, -0.05) is 6.07 Å². The summed E-state index contributed by atoms with van der Waals surface area (Å²) in [5.41, 5.74) is 1.79. The highest BCUT2D eigenvalue weighted by Crippen LogP contribution is 2.18. The van der Waals surface area contributed by atoms with Crippen LogP contribution in [0.15, 0.2) is 24.3 Å². The van der Waals surface area contributed by atoms with Crippen LogP contribution in [0.3, 0.4) is 0 Å². The van der Waals surface area contributed by atoms with Gasteiger partial charge in [-0.15, -0.1) is 0 Å². The maximum Gasteiger partial charge on any atom is 0.253 e. The standard InChI is InChI=1S/C17H26N2O2/c1-3-19(4-2)17(20)14-7-5-8-16(13-14)18-15-9-6-11-21-12-10-15/h5,7-8,13,15,18H,3-4,6,9-12H2,1-2H3. The van der Waals surface area contributed by atoms with E-state index in [2.05, 4.69) is 5.32 Å². The summed E-state index contributed by atoms with van der Waals surface area (Å²) in [6.45, 7) is 7.18. The third-order valence-corrected chi connectivity index (χ3v) is 3.98. The van der Waals surface area contributed by atoms with Gasteiger partial charge in [0.25, 0.3) is 5.91 Å². The van der Waals surface area contributed by atoms with E-state index in [0.29, 0.717) is 6.04 Å². The number of ether oxygens (including phenoxy) is 1. The van der Waals surface area contributed by atoms with Crippen LogP contribution in [0.5, 0.6) is 0 Å². The van der Waals surface area contributed by atoms with E-state index >= 15 is 0 Å². The Morgan fingerprint density at radius 2 is 2.10 bits per heavy atom. The number of nitrogens with zero attached hydrogens (tertiary/aromatic N) is 1. The molecule has 0 aromatic heterocycles. The molecule has 1 saturated heterocycles. The van der Waals surface area contributed by atoms with Crippen LogP contribution >= 0.6 is 0 Å². The first-order chi connectivity index (χ1) is 10.2. The topological polar surface area (TPSA) is 41.6 Å². The molecule has 1 aliphatic rings. The van der Waals surface area contributed by atoms with Crippen molar-refractivity contribution in [3.8, 4) is 0 Å². The molecule has 1 fully saturated rings. The highest BCUT2D eigenvalue weighted by atomic mass is 16.5. The molecule has 1 heterocycles. The molecule has 4 heteroatoms. The molecule has 0 saturated carbocycles. The maximum absolute atomic E-state index is 12.4. The average Bonchev–Trinajstić information content (AvgIpc) is 2.77. The number of carbonyl (C=O) groups is 1. The molecule has 1 aromatic rings. The van der Waals surface area contributed by atoms with E-state index < -0.39 is 0 Å². The van der Waals surface area contributed by atoms with Gasteiger partial charge in [-0.05, 0) is 51.3 Å². The number of anilines is 1. The van der Waals surface area contributed by atoms with E-state index in [-0.39, 0.29) is 5.91 Å². The lowest BCUT2D eigenvalue weighted by Gasteiger charge is -2.20. The Morgan fingerprint density at radius 3 is 2.86 bits per heavy atom.